The fourth-order valence-corrected chi connectivity index (χ4v) is 3.37. The van der Waals surface area contributed by atoms with E-state index in [0.717, 1.165) is 5.69 Å². The summed E-state index contributed by atoms with van der Waals surface area (Å²) in [5, 5.41) is 3.13. The molecule has 1 N–H and O–H groups in total. The largest absolute Gasteiger partial charge is 0.486 e. The maximum atomic E-state index is 12.9. The van der Waals surface area contributed by atoms with Gasteiger partial charge in [-0.1, -0.05) is 0 Å². The zero-order chi connectivity index (χ0) is 20.4. The molecule has 0 atom stereocenters. The predicted octanol–water partition coefficient (Wildman–Crippen LogP) is 1.60. The van der Waals surface area contributed by atoms with Gasteiger partial charge in [0.2, 0.25) is 11.9 Å². The second-order valence-corrected chi connectivity index (χ2v) is 7.00. The molecular formula is C20H23N5O4. The Labute approximate surface area is 168 Å². The van der Waals surface area contributed by atoms with E-state index in [1.807, 2.05) is 25.1 Å². The van der Waals surface area contributed by atoms with Crippen LogP contribution < -0.4 is 14.8 Å². The molecule has 2 aliphatic rings. The lowest BCUT2D eigenvalue weighted by molar-refractivity contribution is -0.130. The van der Waals surface area contributed by atoms with Gasteiger partial charge in [-0.2, -0.15) is 0 Å². The Morgan fingerprint density at radius 1 is 0.966 bits per heavy atom. The fourth-order valence-electron chi connectivity index (χ4n) is 3.37. The van der Waals surface area contributed by atoms with Crippen molar-refractivity contribution in [1.82, 2.24) is 19.8 Å². The van der Waals surface area contributed by atoms with E-state index in [4.69, 9.17) is 9.47 Å². The summed E-state index contributed by atoms with van der Waals surface area (Å²) in [4.78, 5) is 36.6. The number of nitrogens with one attached hydrogen (secondary N) is 1. The second kappa shape index (κ2) is 7.94. The van der Waals surface area contributed by atoms with E-state index < -0.39 is 0 Å². The van der Waals surface area contributed by atoms with Gasteiger partial charge >= 0.3 is 0 Å². The van der Waals surface area contributed by atoms with Crippen molar-refractivity contribution >= 4 is 23.5 Å². The van der Waals surface area contributed by atoms with Crippen LogP contribution in [-0.2, 0) is 4.79 Å². The second-order valence-electron chi connectivity index (χ2n) is 7.00. The van der Waals surface area contributed by atoms with Crippen molar-refractivity contribution < 1.29 is 19.1 Å². The Morgan fingerprint density at radius 3 is 2.38 bits per heavy atom. The lowest BCUT2D eigenvalue weighted by Gasteiger charge is -2.34. The van der Waals surface area contributed by atoms with Gasteiger partial charge in [0, 0.05) is 50.6 Å². The zero-order valence-corrected chi connectivity index (χ0v) is 16.5. The standard InChI is InChI=1S/C20H23N5O4/c1-13-11-16(19(27)25-7-5-24(6-8-25)14(2)26)23-20(21-13)22-15-3-4-17-18(12-15)29-10-9-28-17/h3-4,11-12H,5-10H2,1-2H3,(H,21,22,23). The van der Waals surface area contributed by atoms with E-state index in [1.54, 1.807) is 22.8 Å². The molecule has 1 saturated heterocycles. The smallest absolute Gasteiger partial charge is 0.272 e. The third kappa shape index (κ3) is 4.23. The van der Waals surface area contributed by atoms with Crippen LogP contribution in [0.2, 0.25) is 0 Å². The van der Waals surface area contributed by atoms with Crippen LogP contribution in [0.3, 0.4) is 0 Å². The summed E-state index contributed by atoms with van der Waals surface area (Å²) < 4.78 is 11.1. The maximum Gasteiger partial charge on any atom is 0.272 e. The Kier molecular flexibility index (Phi) is 5.20. The van der Waals surface area contributed by atoms with Gasteiger partial charge in [-0.25, -0.2) is 9.97 Å². The normalized spacial score (nSPS) is 15.8. The molecule has 0 unspecified atom stereocenters. The Bertz CT molecular complexity index is 940. The van der Waals surface area contributed by atoms with Crippen LogP contribution in [0.5, 0.6) is 11.5 Å². The molecule has 4 rings (SSSR count). The van der Waals surface area contributed by atoms with Crippen LogP contribution >= 0.6 is 0 Å². The molecule has 0 radical (unpaired) electrons. The van der Waals surface area contributed by atoms with Crippen molar-refractivity contribution in [1.29, 1.82) is 0 Å². The molecule has 2 aromatic rings. The van der Waals surface area contributed by atoms with Crippen molar-refractivity contribution in [3.8, 4) is 11.5 Å². The minimum absolute atomic E-state index is 0.0286. The molecule has 0 aliphatic carbocycles. The minimum atomic E-state index is -0.163. The molecule has 29 heavy (non-hydrogen) atoms. The lowest BCUT2D eigenvalue weighted by Crippen LogP contribution is -2.50. The number of aromatic nitrogens is 2. The van der Waals surface area contributed by atoms with Gasteiger partial charge in [0.25, 0.3) is 5.91 Å². The van der Waals surface area contributed by atoms with Gasteiger partial charge < -0.3 is 24.6 Å². The highest BCUT2D eigenvalue weighted by atomic mass is 16.6. The first kappa shape index (κ1) is 19.0. The first-order valence-electron chi connectivity index (χ1n) is 9.57. The fraction of sp³-hybridized carbons (Fsp3) is 0.400. The topological polar surface area (TPSA) is 96.9 Å². The Morgan fingerprint density at radius 2 is 1.66 bits per heavy atom. The third-order valence-electron chi connectivity index (χ3n) is 4.88. The Balaban J connectivity index is 1.49. The monoisotopic (exact) mass is 397 g/mol. The molecule has 1 fully saturated rings. The summed E-state index contributed by atoms with van der Waals surface area (Å²) in [6.07, 6.45) is 0. The number of benzene rings is 1. The summed E-state index contributed by atoms with van der Waals surface area (Å²) >= 11 is 0. The average Bonchev–Trinajstić information content (AvgIpc) is 2.73. The van der Waals surface area contributed by atoms with Gasteiger partial charge in [0.15, 0.2) is 11.5 Å². The third-order valence-corrected chi connectivity index (χ3v) is 4.88. The number of amides is 2. The minimum Gasteiger partial charge on any atom is -0.486 e. The summed E-state index contributed by atoms with van der Waals surface area (Å²) in [5.74, 6) is 1.57. The van der Waals surface area contributed by atoms with E-state index in [9.17, 15) is 9.59 Å². The number of hydrogen-bond donors (Lipinski definition) is 1. The van der Waals surface area contributed by atoms with E-state index >= 15 is 0 Å². The number of fused-ring (bicyclic) bond motifs is 1. The van der Waals surface area contributed by atoms with Crippen LogP contribution in [0.25, 0.3) is 0 Å². The molecule has 2 amide bonds. The number of nitrogens with zero attached hydrogens (tertiary/aromatic N) is 4. The number of piperazine rings is 1. The molecule has 1 aromatic heterocycles. The molecule has 0 spiro atoms. The van der Waals surface area contributed by atoms with Gasteiger partial charge in [0.05, 0.1) is 0 Å². The van der Waals surface area contributed by atoms with E-state index in [2.05, 4.69) is 15.3 Å². The summed E-state index contributed by atoms with van der Waals surface area (Å²) in [5.41, 5.74) is 1.76. The lowest BCUT2D eigenvalue weighted by atomic mass is 10.2. The molecule has 0 bridgehead atoms. The number of hydrogen-bond acceptors (Lipinski definition) is 7. The number of carbonyl (C=O) groups is 2. The highest BCUT2D eigenvalue weighted by Crippen LogP contribution is 2.33. The van der Waals surface area contributed by atoms with Crippen molar-refractivity contribution in [3.05, 3.63) is 35.7 Å². The van der Waals surface area contributed by atoms with Crippen LogP contribution in [0.1, 0.15) is 23.1 Å². The molecule has 9 nitrogen and oxygen atoms in total. The van der Waals surface area contributed by atoms with Crippen molar-refractivity contribution in [2.24, 2.45) is 0 Å². The molecule has 3 heterocycles. The summed E-state index contributed by atoms with van der Waals surface area (Å²) in [6, 6.07) is 7.17. The molecule has 2 aliphatic heterocycles. The van der Waals surface area contributed by atoms with Crippen LogP contribution in [0, 0.1) is 6.92 Å². The molecular weight excluding hydrogens is 374 g/mol. The SMILES string of the molecule is CC(=O)N1CCN(C(=O)c2cc(C)nc(Nc3ccc4c(c3)OCCO4)n2)CC1. The van der Waals surface area contributed by atoms with Crippen LogP contribution in [0.4, 0.5) is 11.6 Å². The highest BCUT2D eigenvalue weighted by Gasteiger charge is 2.24. The van der Waals surface area contributed by atoms with Gasteiger partial charge in [-0.15, -0.1) is 0 Å². The molecule has 9 heteroatoms. The number of carbonyl (C=O) groups excluding carboxylic acids is 2. The van der Waals surface area contributed by atoms with Gasteiger partial charge in [0.1, 0.15) is 18.9 Å². The van der Waals surface area contributed by atoms with Crippen molar-refractivity contribution in [2.45, 2.75) is 13.8 Å². The predicted molar refractivity (Wildman–Crippen MR) is 106 cm³/mol. The first-order valence-corrected chi connectivity index (χ1v) is 9.57. The van der Waals surface area contributed by atoms with E-state index in [-0.39, 0.29) is 11.8 Å². The van der Waals surface area contributed by atoms with Gasteiger partial charge in [-0.05, 0) is 25.1 Å². The van der Waals surface area contributed by atoms with Crippen molar-refractivity contribution in [3.63, 3.8) is 0 Å². The van der Waals surface area contributed by atoms with Crippen LogP contribution in [0.15, 0.2) is 24.3 Å². The number of ether oxygens (including phenoxy) is 2. The van der Waals surface area contributed by atoms with Crippen LogP contribution in [-0.4, -0.2) is 71.0 Å². The highest BCUT2D eigenvalue weighted by molar-refractivity contribution is 5.93. The molecule has 152 valence electrons. The van der Waals surface area contributed by atoms with E-state index in [0.29, 0.717) is 68.2 Å². The first-order chi connectivity index (χ1) is 14.0. The molecule has 0 saturated carbocycles. The Hall–Kier alpha value is -3.36. The number of rotatable bonds is 3. The summed E-state index contributed by atoms with van der Waals surface area (Å²) in [6.45, 7) is 6.46. The number of aryl methyl sites for hydroxylation is 1. The van der Waals surface area contributed by atoms with Gasteiger partial charge in [-0.3, -0.25) is 9.59 Å². The number of anilines is 2. The molecule has 1 aromatic carbocycles. The quantitative estimate of drug-likeness (QED) is 0.840. The zero-order valence-electron chi connectivity index (χ0n) is 16.5. The maximum absolute atomic E-state index is 12.9. The average molecular weight is 397 g/mol. The van der Waals surface area contributed by atoms with E-state index in [1.165, 1.54) is 0 Å². The van der Waals surface area contributed by atoms with Crippen molar-refractivity contribution in [2.75, 3.05) is 44.7 Å². The summed E-state index contributed by atoms with van der Waals surface area (Å²) in [7, 11) is 0.